The highest BCUT2D eigenvalue weighted by Gasteiger charge is 2.64. The first-order valence-corrected chi connectivity index (χ1v) is 9.79. The fraction of sp³-hybridized carbons (Fsp3) is 0.550. The van der Waals surface area contributed by atoms with Crippen LogP contribution in [0.15, 0.2) is 36.7 Å². The van der Waals surface area contributed by atoms with Gasteiger partial charge in [0.25, 0.3) is 0 Å². The second-order valence-corrected chi connectivity index (χ2v) is 8.25. The fourth-order valence-corrected chi connectivity index (χ4v) is 5.63. The van der Waals surface area contributed by atoms with Crippen LogP contribution in [0.5, 0.6) is 0 Å². The summed E-state index contributed by atoms with van der Waals surface area (Å²) in [5.74, 6) is 0.709. The Hall–Kier alpha value is -1.36. The smallest absolute Gasteiger partial charge is 0.0690 e. The average molecular weight is 358 g/mol. The lowest BCUT2D eigenvalue weighted by Crippen LogP contribution is -2.67. The molecule has 2 aliphatic carbocycles. The monoisotopic (exact) mass is 357 g/mol. The number of ether oxygens (including phenoxy) is 1. The van der Waals surface area contributed by atoms with Crippen molar-refractivity contribution in [2.24, 2.45) is 11.3 Å². The van der Waals surface area contributed by atoms with Gasteiger partial charge in [-0.25, -0.2) is 4.68 Å². The first-order valence-electron chi connectivity index (χ1n) is 9.41. The predicted molar refractivity (Wildman–Crippen MR) is 97.9 cm³/mol. The third kappa shape index (κ3) is 2.54. The van der Waals surface area contributed by atoms with Crippen LogP contribution in [0.1, 0.15) is 37.7 Å². The van der Waals surface area contributed by atoms with E-state index < -0.39 is 0 Å². The minimum atomic E-state index is 0.407. The Morgan fingerprint density at radius 2 is 2.20 bits per heavy atom. The van der Waals surface area contributed by atoms with Crippen molar-refractivity contribution in [3.05, 3.63) is 47.2 Å². The molecule has 1 aromatic heterocycles. The molecule has 0 bridgehead atoms. The lowest BCUT2D eigenvalue weighted by molar-refractivity contribution is -0.130. The van der Waals surface area contributed by atoms with E-state index in [1.165, 1.54) is 37.7 Å². The van der Waals surface area contributed by atoms with Crippen molar-refractivity contribution in [1.82, 2.24) is 15.1 Å². The molecular weight excluding hydrogens is 334 g/mol. The summed E-state index contributed by atoms with van der Waals surface area (Å²) in [6.45, 7) is 1.82. The van der Waals surface area contributed by atoms with Gasteiger partial charge >= 0.3 is 0 Å². The predicted octanol–water partition coefficient (Wildman–Crippen LogP) is 3.96. The van der Waals surface area contributed by atoms with E-state index in [0.717, 1.165) is 23.9 Å². The molecule has 0 amide bonds. The van der Waals surface area contributed by atoms with Crippen LogP contribution in [-0.2, 0) is 11.3 Å². The summed E-state index contributed by atoms with van der Waals surface area (Å²) >= 11 is 6.09. The van der Waals surface area contributed by atoms with Gasteiger partial charge in [0, 0.05) is 47.3 Å². The summed E-state index contributed by atoms with van der Waals surface area (Å²) in [6.07, 6.45) is 11.2. The highest BCUT2D eigenvalue weighted by atomic mass is 35.5. The molecule has 1 saturated heterocycles. The molecule has 1 aliphatic heterocycles. The number of nitrogens with one attached hydrogen (secondary N) is 1. The van der Waals surface area contributed by atoms with E-state index in [-0.39, 0.29) is 0 Å². The third-order valence-corrected chi connectivity index (χ3v) is 6.76. The fourth-order valence-electron chi connectivity index (χ4n) is 5.45. The van der Waals surface area contributed by atoms with Gasteiger partial charge in [0.1, 0.15) is 0 Å². The van der Waals surface area contributed by atoms with Crippen LogP contribution in [0.3, 0.4) is 0 Å². The quantitative estimate of drug-likeness (QED) is 0.900. The van der Waals surface area contributed by atoms with Gasteiger partial charge < -0.3 is 10.1 Å². The van der Waals surface area contributed by atoms with E-state index in [1.807, 2.05) is 35.1 Å². The van der Waals surface area contributed by atoms with E-state index in [0.29, 0.717) is 23.5 Å². The molecule has 25 heavy (non-hydrogen) atoms. The average Bonchev–Trinajstić information content (AvgIpc) is 3.35. The summed E-state index contributed by atoms with van der Waals surface area (Å²) in [6, 6.07) is 8.41. The van der Waals surface area contributed by atoms with Gasteiger partial charge in [0.15, 0.2) is 0 Å². The van der Waals surface area contributed by atoms with Crippen molar-refractivity contribution in [2.45, 2.75) is 50.8 Å². The summed E-state index contributed by atoms with van der Waals surface area (Å²) in [4.78, 5) is 0. The van der Waals surface area contributed by atoms with Crippen LogP contribution in [-0.4, -0.2) is 28.5 Å². The van der Waals surface area contributed by atoms with Crippen molar-refractivity contribution < 1.29 is 4.74 Å². The SMILES string of the molecule is Clc1cccc(-n2cc(CNC3[C@@H]4CCO[C@@H]4C34CCCC4)cn2)c1. The largest absolute Gasteiger partial charge is 0.377 e. The molecule has 4 nitrogen and oxygen atoms in total. The maximum Gasteiger partial charge on any atom is 0.0690 e. The number of rotatable bonds is 4. The molecule has 3 aliphatic rings. The highest BCUT2D eigenvalue weighted by Crippen LogP contribution is 2.60. The summed E-state index contributed by atoms with van der Waals surface area (Å²) < 4.78 is 7.98. The molecule has 2 saturated carbocycles. The van der Waals surface area contributed by atoms with Gasteiger partial charge in [0.05, 0.1) is 18.0 Å². The molecule has 1 aromatic carbocycles. The molecule has 2 heterocycles. The Bertz CT molecular complexity index is 768. The molecule has 3 fully saturated rings. The molecule has 5 heteroatoms. The number of hydrogen-bond acceptors (Lipinski definition) is 3. The standard InChI is InChI=1S/C20H24ClN3O/c21-15-4-3-5-16(10-15)24-13-14(12-23-24)11-22-18-17-6-9-25-19(17)20(18)7-1-2-8-20/h3-5,10,12-13,17-19,22H,1-2,6-9,11H2/t17-,18?,19-/m0/s1. The van der Waals surface area contributed by atoms with Crippen molar-refractivity contribution in [3.8, 4) is 5.69 Å². The maximum absolute atomic E-state index is 6.09. The summed E-state index contributed by atoms with van der Waals surface area (Å²) in [5, 5.41) is 9.09. The van der Waals surface area contributed by atoms with Gasteiger partial charge in [-0.3, -0.25) is 0 Å². The normalized spacial score (nSPS) is 29.7. The van der Waals surface area contributed by atoms with E-state index in [1.54, 1.807) is 0 Å². The molecule has 0 radical (unpaired) electrons. The second-order valence-electron chi connectivity index (χ2n) is 7.82. The van der Waals surface area contributed by atoms with Crippen LogP contribution >= 0.6 is 11.6 Å². The number of hydrogen-bond donors (Lipinski definition) is 1. The molecular formula is C20H24ClN3O. The van der Waals surface area contributed by atoms with Gasteiger partial charge in [0.2, 0.25) is 0 Å². The molecule has 3 atom stereocenters. The number of aromatic nitrogens is 2. The Balaban J connectivity index is 1.29. The van der Waals surface area contributed by atoms with Crippen LogP contribution in [0.4, 0.5) is 0 Å². The van der Waals surface area contributed by atoms with Crippen LogP contribution < -0.4 is 5.32 Å². The minimum absolute atomic E-state index is 0.407. The molecule has 1 spiro atoms. The number of benzene rings is 1. The zero-order chi connectivity index (χ0) is 16.9. The van der Waals surface area contributed by atoms with Crippen molar-refractivity contribution in [3.63, 3.8) is 0 Å². The van der Waals surface area contributed by atoms with Gasteiger partial charge in [-0.1, -0.05) is 30.5 Å². The van der Waals surface area contributed by atoms with Gasteiger partial charge in [-0.15, -0.1) is 0 Å². The van der Waals surface area contributed by atoms with Crippen molar-refractivity contribution in [1.29, 1.82) is 0 Å². The molecule has 2 aromatic rings. The van der Waals surface area contributed by atoms with E-state index >= 15 is 0 Å². The summed E-state index contributed by atoms with van der Waals surface area (Å²) in [5.41, 5.74) is 2.62. The van der Waals surface area contributed by atoms with E-state index in [4.69, 9.17) is 16.3 Å². The number of fused-ring (bicyclic) bond motifs is 2. The van der Waals surface area contributed by atoms with Crippen molar-refractivity contribution >= 4 is 11.6 Å². The Kier molecular flexibility index (Phi) is 3.88. The zero-order valence-corrected chi connectivity index (χ0v) is 15.1. The summed E-state index contributed by atoms with van der Waals surface area (Å²) in [7, 11) is 0. The zero-order valence-electron chi connectivity index (χ0n) is 14.3. The minimum Gasteiger partial charge on any atom is -0.377 e. The second kappa shape index (κ2) is 6.11. The Morgan fingerprint density at radius 1 is 1.32 bits per heavy atom. The molecule has 5 rings (SSSR count). The number of nitrogens with zero attached hydrogens (tertiary/aromatic N) is 2. The lowest BCUT2D eigenvalue weighted by Gasteiger charge is -2.57. The maximum atomic E-state index is 6.09. The lowest BCUT2D eigenvalue weighted by atomic mass is 9.54. The topological polar surface area (TPSA) is 39.1 Å². The molecule has 1 unspecified atom stereocenters. The molecule has 1 N–H and O–H groups in total. The van der Waals surface area contributed by atoms with Crippen LogP contribution in [0, 0.1) is 11.3 Å². The number of halogens is 1. The van der Waals surface area contributed by atoms with E-state index in [2.05, 4.69) is 16.6 Å². The van der Waals surface area contributed by atoms with Gasteiger partial charge in [-0.05, 0) is 37.5 Å². The first kappa shape index (κ1) is 15.9. The van der Waals surface area contributed by atoms with Gasteiger partial charge in [-0.2, -0.15) is 5.10 Å². The van der Waals surface area contributed by atoms with E-state index in [9.17, 15) is 0 Å². The van der Waals surface area contributed by atoms with Crippen LogP contribution in [0.25, 0.3) is 5.69 Å². The highest BCUT2D eigenvalue weighted by molar-refractivity contribution is 6.30. The van der Waals surface area contributed by atoms with Crippen molar-refractivity contribution in [2.75, 3.05) is 6.61 Å². The first-order chi connectivity index (χ1) is 12.3. The Labute approximate surface area is 153 Å². The third-order valence-electron chi connectivity index (χ3n) is 6.52. The molecule has 132 valence electrons. The van der Waals surface area contributed by atoms with Crippen LogP contribution in [0.2, 0.25) is 5.02 Å². The Morgan fingerprint density at radius 3 is 3.04 bits per heavy atom.